The fourth-order valence-electron chi connectivity index (χ4n) is 1.81. The first-order valence-corrected chi connectivity index (χ1v) is 8.08. The molecule has 1 aromatic heterocycles. The van der Waals surface area contributed by atoms with Crippen molar-refractivity contribution in [2.24, 2.45) is 5.73 Å². The lowest BCUT2D eigenvalue weighted by molar-refractivity contribution is 0.884. The third-order valence-corrected chi connectivity index (χ3v) is 5.88. The van der Waals surface area contributed by atoms with E-state index in [1.165, 1.54) is 20.9 Å². The van der Waals surface area contributed by atoms with Crippen LogP contribution in [0.1, 0.15) is 32.5 Å². The number of halogens is 2. The molecule has 0 bridgehead atoms. The van der Waals surface area contributed by atoms with Crippen LogP contribution < -0.4 is 5.73 Å². The second-order valence-corrected chi connectivity index (χ2v) is 7.49. The van der Waals surface area contributed by atoms with Crippen LogP contribution in [0.4, 0.5) is 0 Å². The Labute approximate surface area is 129 Å². The van der Waals surface area contributed by atoms with Gasteiger partial charge < -0.3 is 5.73 Å². The van der Waals surface area contributed by atoms with Gasteiger partial charge in [0.15, 0.2) is 0 Å². The minimum Gasteiger partial charge on any atom is -0.320 e. The standard InChI is InChI=1S/C14H15Br2NS/c1-7-5-13(18-9(7)3)14(17)10-6-11(15)8(2)4-12(10)16/h4-6,14H,17H2,1-3H3. The summed E-state index contributed by atoms with van der Waals surface area (Å²) in [4.78, 5) is 2.55. The lowest BCUT2D eigenvalue weighted by atomic mass is 10.0. The van der Waals surface area contributed by atoms with Crippen molar-refractivity contribution in [2.75, 3.05) is 0 Å². The third kappa shape index (κ3) is 2.72. The Morgan fingerprint density at radius 1 is 1.00 bits per heavy atom. The smallest absolute Gasteiger partial charge is 0.0657 e. The molecule has 0 radical (unpaired) electrons. The molecule has 1 nitrogen and oxygen atoms in total. The van der Waals surface area contributed by atoms with E-state index in [0.29, 0.717) is 0 Å². The maximum atomic E-state index is 6.38. The van der Waals surface area contributed by atoms with Crippen LogP contribution in [-0.4, -0.2) is 0 Å². The average molecular weight is 389 g/mol. The Balaban J connectivity index is 2.45. The van der Waals surface area contributed by atoms with Crippen LogP contribution in [0.2, 0.25) is 0 Å². The summed E-state index contributed by atoms with van der Waals surface area (Å²) >= 11 is 8.95. The van der Waals surface area contributed by atoms with Crippen molar-refractivity contribution in [1.29, 1.82) is 0 Å². The van der Waals surface area contributed by atoms with Gasteiger partial charge in [0.2, 0.25) is 0 Å². The summed E-state index contributed by atoms with van der Waals surface area (Å²) in [5.74, 6) is 0. The van der Waals surface area contributed by atoms with Crippen LogP contribution >= 0.6 is 43.2 Å². The van der Waals surface area contributed by atoms with Gasteiger partial charge in [-0.3, -0.25) is 0 Å². The van der Waals surface area contributed by atoms with E-state index in [9.17, 15) is 0 Å². The first-order valence-electron chi connectivity index (χ1n) is 5.68. The van der Waals surface area contributed by atoms with E-state index < -0.39 is 0 Å². The average Bonchev–Trinajstić information content (AvgIpc) is 2.63. The summed E-state index contributed by atoms with van der Waals surface area (Å²) in [7, 11) is 0. The fraction of sp³-hybridized carbons (Fsp3) is 0.286. The van der Waals surface area contributed by atoms with Crippen LogP contribution in [0.25, 0.3) is 0 Å². The fourth-order valence-corrected chi connectivity index (χ4v) is 3.94. The second-order valence-electron chi connectivity index (χ2n) is 4.49. The Kier molecular flexibility index (Phi) is 4.32. The van der Waals surface area contributed by atoms with Crippen molar-refractivity contribution in [2.45, 2.75) is 26.8 Å². The first kappa shape index (κ1) is 14.3. The van der Waals surface area contributed by atoms with E-state index in [1.807, 2.05) is 0 Å². The van der Waals surface area contributed by atoms with Crippen molar-refractivity contribution < 1.29 is 0 Å². The van der Waals surface area contributed by atoms with Crippen molar-refractivity contribution in [3.8, 4) is 0 Å². The van der Waals surface area contributed by atoms with Crippen LogP contribution in [0.3, 0.4) is 0 Å². The maximum absolute atomic E-state index is 6.38. The highest BCUT2D eigenvalue weighted by Crippen LogP contribution is 2.35. The van der Waals surface area contributed by atoms with Crippen molar-refractivity contribution >= 4 is 43.2 Å². The zero-order valence-corrected chi connectivity index (χ0v) is 14.5. The summed E-state index contributed by atoms with van der Waals surface area (Å²) < 4.78 is 2.17. The minimum atomic E-state index is -0.0753. The van der Waals surface area contributed by atoms with E-state index >= 15 is 0 Å². The molecule has 0 saturated heterocycles. The quantitative estimate of drug-likeness (QED) is 0.747. The van der Waals surface area contributed by atoms with Gasteiger partial charge in [-0.1, -0.05) is 31.9 Å². The number of benzene rings is 1. The molecule has 1 unspecified atom stereocenters. The summed E-state index contributed by atoms with van der Waals surface area (Å²) in [6.07, 6.45) is 0. The predicted molar refractivity (Wildman–Crippen MR) is 86.4 cm³/mol. The van der Waals surface area contributed by atoms with Gasteiger partial charge in [-0.2, -0.15) is 0 Å². The topological polar surface area (TPSA) is 26.0 Å². The van der Waals surface area contributed by atoms with Crippen LogP contribution in [0.15, 0.2) is 27.1 Å². The molecule has 0 aliphatic carbocycles. The highest BCUT2D eigenvalue weighted by molar-refractivity contribution is 9.11. The van der Waals surface area contributed by atoms with E-state index in [0.717, 1.165) is 14.5 Å². The lowest BCUT2D eigenvalue weighted by Crippen LogP contribution is -2.11. The molecule has 18 heavy (non-hydrogen) atoms. The van der Waals surface area contributed by atoms with Gasteiger partial charge in [0.1, 0.15) is 0 Å². The number of hydrogen-bond acceptors (Lipinski definition) is 2. The number of thiophene rings is 1. The molecule has 0 fully saturated rings. The van der Waals surface area contributed by atoms with E-state index in [4.69, 9.17) is 5.73 Å². The number of hydrogen-bond donors (Lipinski definition) is 1. The highest BCUT2D eigenvalue weighted by Gasteiger charge is 2.16. The van der Waals surface area contributed by atoms with E-state index in [-0.39, 0.29) is 6.04 Å². The molecule has 2 aromatic rings. The molecule has 96 valence electrons. The van der Waals surface area contributed by atoms with Crippen molar-refractivity contribution in [3.63, 3.8) is 0 Å². The summed E-state index contributed by atoms with van der Waals surface area (Å²) in [6.45, 7) is 6.34. The molecule has 1 aromatic carbocycles. The first-order chi connectivity index (χ1) is 8.40. The zero-order chi connectivity index (χ0) is 13.4. The predicted octanol–water partition coefficient (Wildman–Crippen LogP) is 5.25. The summed E-state index contributed by atoms with van der Waals surface area (Å²) in [6, 6.07) is 6.32. The molecule has 2 rings (SSSR count). The molecule has 0 aliphatic heterocycles. The largest absolute Gasteiger partial charge is 0.320 e. The van der Waals surface area contributed by atoms with Gasteiger partial charge in [-0.05, 0) is 55.7 Å². The van der Waals surface area contributed by atoms with E-state index in [2.05, 4.69) is 70.8 Å². The van der Waals surface area contributed by atoms with Crippen LogP contribution in [0, 0.1) is 20.8 Å². The summed E-state index contributed by atoms with van der Waals surface area (Å²) in [5, 5.41) is 0. The number of nitrogens with two attached hydrogens (primary N) is 1. The normalized spacial score (nSPS) is 12.8. The molecule has 1 atom stereocenters. The van der Waals surface area contributed by atoms with Gasteiger partial charge >= 0.3 is 0 Å². The zero-order valence-electron chi connectivity index (χ0n) is 10.6. The van der Waals surface area contributed by atoms with E-state index in [1.54, 1.807) is 11.3 Å². The Bertz CT molecular complexity index is 570. The van der Waals surface area contributed by atoms with Gasteiger partial charge in [0.05, 0.1) is 6.04 Å². The van der Waals surface area contributed by atoms with Gasteiger partial charge in [0.25, 0.3) is 0 Å². The molecule has 4 heteroatoms. The Morgan fingerprint density at radius 2 is 1.67 bits per heavy atom. The van der Waals surface area contributed by atoms with Crippen molar-refractivity contribution in [1.82, 2.24) is 0 Å². The molecule has 2 N–H and O–H groups in total. The lowest BCUT2D eigenvalue weighted by Gasteiger charge is -2.14. The molecular weight excluding hydrogens is 374 g/mol. The maximum Gasteiger partial charge on any atom is 0.0657 e. The Hall–Kier alpha value is -0.160. The SMILES string of the molecule is Cc1cc(Br)c(C(N)c2cc(C)c(C)s2)cc1Br. The molecule has 0 spiro atoms. The molecule has 0 saturated carbocycles. The molecule has 1 heterocycles. The van der Waals surface area contributed by atoms with Gasteiger partial charge in [-0.25, -0.2) is 0 Å². The highest BCUT2D eigenvalue weighted by atomic mass is 79.9. The molecule has 0 aliphatic rings. The second kappa shape index (κ2) is 5.45. The number of aryl methyl sites for hydroxylation is 3. The van der Waals surface area contributed by atoms with Crippen LogP contribution in [0.5, 0.6) is 0 Å². The Morgan fingerprint density at radius 3 is 2.22 bits per heavy atom. The minimum absolute atomic E-state index is 0.0753. The molecular formula is C14H15Br2NS. The van der Waals surface area contributed by atoms with Gasteiger partial charge in [0, 0.05) is 18.7 Å². The monoisotopic (exact) mass is 387 g/mol. The third-order valence-electron chi connectivity index (χ3n) is 3.10. The van der Waals surface area contributed by atoms with Crippen molar-refractivity contribution in [3.05, 3.63) is 53.6 Å². The van der Waals surface area contributed by atoms with Gasteiger partial charge in [-0.15, -0.1) is 11.3 Å². The number of rotatable bonds is 2. The van der Waals surface area contributed by atoms with Crippen LogP contribution in [-0.2, 0) is 0 Å². The summed E-state index contributed by atoms with van der Waals surface area (Å²) in [5.41, 5.74) is 10.0. The molecule has 0 amide bonds.